The lowest BCUT2D eigenvalue weighted by molar-refractivity contribution is -0.150. The van der Waals surface area contributed by atoms with Gasteiger partial charge >= 0.3 is 6.18 Å². The lowest BCUT2D eigenvalue weighted by Gasteiger charge is -2.06. The zero-order valence-corrected chi connectivity index (χ0v) is 9.30. The number of aromatic amines is 1. The molecule has 2 N–H and O–H groups in total. The molecule has 0 bridgehead atoms. The van der Waals surface area contributed by atoms with Crippen LogP contribution < -0.4 is 5.32 Å². The van der Waals surface area contributed by atoms with Crippen molar-refractivity contribution in [3.63, 3.8) is 0 Å². The summed E-state index contributed by atoms with van der Waals surface area (Å²) in [5, 5.41) is 1.86. The zero-order chi connectivity index (χ0) is 13.3. The highest BCUT2D eigenvalue weighted by molar-refractivity contribution is 6.33. The molecule has 10 heteroatoms. The molecule has 0 atom stereocenters. The van der Waals surface area contributed by atoms with Crippen molar-refractivity contribution in [3.8, 4) is 0 Å². The molecule has 0 aliphatic heterocycles. The van der Waals surface area contributed by atoms with E-state index in [9.17, 15) is 18.0 Å². The van der Waals surface area contributed by atoms with Gasteiger partial charge in [0.2, 0.25) is 11.9 Å². The van der Waals surface area contributed by atoms with E-state index in [1.807, 2.05) is 5.32 Å². The van der Waals surface area contributed by atoms with Gasteiger partial charge in [0, 0.05) is 0 Å². The summed E-state index contributed by atoms with van der Waals surface area (Å²) >= 11 is 5.72. The SMILES string of the molecule is O=C(CC(F)(F)F)Nc1nc(Cl)c2[nH]cnc2n1. The van der Waals surface area contributed by atoms with E-state index in [1.54, 1.807) is 0 Å². The van der Waals surface area contributed by atoms with E-state index < -0.39 is 18.5 Å². The van der Waals surface area contributed by atoms with Gasteiger partial charge in [-0.25, -0.2) is 4.98 Å². The molecule has 0 radical (unpaired) electrons. The van der Waals surface area contributed by atoms with Gasteiger partial charge in [-0.15, -0.1) is 0 Å². The summed E-state index contributed by atoms with van der Waals surface area (Å²) in [5.41, 5.74) is 0.489. The number of amides is 1. The molecular weight excluding hydrogens is 275 g/mol. The first-order valence-electron chi connectivity index (χ1n) is 4.58. The average molecular weight is 280 g/mol. The molecule has 0 aliphatic rings. The number of hydrogen-bond donors (Lipinski definition) is 2. The van der Waals surface area contributed by atoms with Crippen molar-refractivity contribution in [1.29, 1.82) is 0 Å². The maximum atomic E-state index is 11.9. The van der Waals surface area contributed by atoms with Crippen LogP contribution in [0.4, 0.5) is 19.1 Å². The van der Waals surface area contributed by atoms with Crippen LogP contribution in [0.5, 0.6) is 0 Å². The fourth-order valence-electron chi connectivity index (χ4n) is 1.20. The standard InChI is InChI=1S/C8H5ClF3N5O/c9-5-4-6(14-2-13-4)17-7(16-5)15-3(18)1-8(10,11)12/h2H,1H2,(H2,13,14,15,16,17,18). The van der Waals surface area contributed by atoms with Crippen LogP contribution in [-0.4, -0.2) is 32.0 Å². The van der Waals surface area contributed by atoms with Crippen molar-refractivity contribution in [2.75, 3.05) is 5.32 Å². The molecule has 96 valence electrons. The predicted molar refractivity (Wildman–Crippen MR) is 56.0 cm³/mol. The largest absolute Gasteiger partial charge is 0.397 e. The fraction of sp³-hybridized carbons (Fsp3) is 0.250. The van der Waals surface area contributed by atoms with E-state index >= 15 is 0 Å². The van der Waals surface area contributed by atoms with Crippen molar-refractivity contribution in [2.45, 2.75) is 12.6 Å². The summed E-state index contributed by atoms with van der Waals surface area (Å²) in [6, 6.07) is 0. The zero-order valence-electron chi connectivity index (χ0n) is 8.55. The third-order valence-electron chi connectivity index (χ3n) is 1.85. The third-order valence-corrected chi connectivity index (χ3v) is 2.13. The number of H-pyrrole nitrogens is 1. The average Bonchev–Trinajstić information content (AvgIpc) is 2.62. The normalized spacial score (nSPS) is 11.8. The molecule has 0 aliphatic carbocycles. The lowest BCUT2D eigenvalue weighted by Crippen LogP contribution is -2.22. The summed E-state index contributed by atoms with van der Waals surface area (Å²) in [6.45, 7) is 0. The predicted octanol–water partition coefficient (Wildman–Crippen LogP) is 1.90. The number of carbonyl (C=O) groups excluding carboxylic acids is 1. The maximum Gasteiger partial charge on any atom is 0.397 e. The highest BCUT2D eigenvalue weighted by atomic mass is 35.5. The quantitative estimate of drug-likeness (QED) is 0.822. The van der Waals surface area contributed by atoms with Crippen molar-refractivity contribution in [2.24, 2.45) is 0 Å². The molecule has 18 heavy (non-hydrogen) atoms. The minimum atomic E-state index is -4.59. The number of imidazole rings is 1. The van der Waals surface area contributed by atoms with Gasteiger partial charge in [-0.05, 0) is 0 Å². The van der Waals surface area contributed by atoms with E-state index in [1.165, 1.54) is 6.33 Å². The summed E-state index contributed by atoms with van der Waals surface area (Å²) in [7, 11) is 0. The topological polar surface area (TPSA) is 83.6 Å². The van der Waals surface area contributed by atoms with Crippen LogP contribution in [0.3, 0.4) is 0 Å². The Labute approximate surface area is 103 Å². The van der Waals surface area contributed by atoms with E-state index in [4.69, 9.17) is 11.6 Å². The van der Waals surface area contributed by atoms with Gasteiger partial charge < -0.3 is 4.98 Å². The molecule has 2 aromatic rings. The summed E-state index contributed by atoms with van der Waals surface area (Å²) in [6.07, 6.45) is -4.91. The van der Waals surface area contributed by atoms with Crippen molar-refractivity contribution in [3.05, 3.63) is 11.5 Å². The van der Waals surface area contributed by atoms with E-state index in [2.05, 4.69) is 19.9 Å². The van der Waals surface area contributed by atoms with Crippen LogP contribution in [0.2, 0.25) is 5.15 Å². The first-order valence-corrected chi connectivity index (χ1v) is 4.96. The van der Waals surface area contributed by atoms with Crippen molar-refractivity contribution < 1.29 is 18.0 Å². The Kier molecular flexibility index (Phi) is 3.07. The fourth-order valence-corrected chi connectivity index (χ4v) is 1.42. The number of hydrogen-bond acceptors (Lipinski definition) is 4. The molecule has 0 fully saturated rings. The second-order valence-electron chi connectivity index (χ2n) is 3.28. The number of nitrogens with zero attached hydrogens (tertiary/aromatic N) is 3. The van der Waals surface area contributed by atoms with Gasteiger partial charge in [-0.3, -0.25) is 10.1 Å². The van der Waals surface area contributed by atoms with Crippen molar-refractivity contribution >= 4 is 34.6 Å². The van der Waals surface area contributed by atoms with E-state index in [-0.39, 0.29) is 16.7 Å². The highest BCUT2D eigenvalue weighted by Crippen LogP contribution is 2.21. The summed E-state index contributed by atoms with van der Waals surface area (Å²) in [4.78, 5) is 24.8. The molecule has 2 rings (SSSR count). The first kappa shape index (κ1) is 12.6. The number of rotatable bonds is 2. The smallest absolute Gasteiger partial charge is 0.341 e. The van der Waals surface area contributed by atoms with E-state index in [0.717, 1.165) is 0 Å². The maximum absolute atomic E-state index is 11.9. The Hall–Kier alpha value is -1.90. The molecular formula is C8H5ClF3N5O. The van der Waals surface area contributed by atoms with Gasteiger partial charge in [-0.1, -0.05) is 11.6 Å². The Morgan fingerprint density at radius 1 is 1.44 bits per heavy atom. The second-order valence-corrected chi connectivity index (χ2v) is 3.64. The number of fused-ring (bicyclic) bond motifs is 1. The molecule has 6 nitrogen and oxygen atoms in total. The Morgan fingerprint density at radius 2 is 2.17 bits per heavy atom. The molecule has 0 saturated heterocycles. The number of alkyl halides is 3. The number of halogens is 4. The second kappa shape index (κ2) is 4.41. The Balaban J connectivity index is 2.19. The number of carbonyl (C=O) groups is 1. The Bertz CT molecular complexity index is 596. The van der Waals surface area contributed by atoms with Gasteiger partial charge in [0.1, 0.15) is 11.9 Å². The molecule has 0 saturated carbocycles. The van der Waals surface area contributed by atoms with Crippen LogP contribution in [-0.2, 0) is 4.79 Å². The summed E-state index contributed by atoms with van der Waals surface area (Å²) < 4.78 is 35.8. The highest BCUT2D eigenvalue weighted by Gasteiger charge is 2.31. The van der Waals surface area contributed by atoms with Crippen LogP contribution in [0.1, 0.15) is 6.42 Å². The van der Waals surface area contributed by atoms with Crippen LogP contribution in [0.15, 0.2) is 6.33 Å². The van der Waals surface area contributed by atoms with Gasteiger partial charge in [0.25, 0.3) is 0 Å². The van der Waals surface area contributed by atoms with E-state index in [0.29, 0.717) is 5.52 Å². The third kappa shape index (κ3) is 2.86. The Morgan fingerprint density at radius 3 is 2.83 bits per heavy atom. The molecule has 2 aromatic heterocycles. The van der Waals surface area contributed by atoms with Gasteiger partial charge in [0.05, 0.1) is 6.33 Å². The molecule has 1 amide bonds. The van der Waals surface area contributed by atoms with Crippen LogP contribution in [0, 0.1) is 0 Å². The lowest BCUT2D eigenvalue weighted by atomic mass is 10.4. The number of nitrogens with one attached hydrogen (secondary N) is 2. The van der Waals surface area contributed by atoms with Crippen LogP contribution in [0.25, 0.3) is 11.2 Å². The van der Waals surface area contributed by atoms with Gasteiger partial charge in [0.15, 0.2) is 10.8 Å². The van der Waals surface area contributed by atoms with Crippen LogP contribution >= 0.6 is 11.6 Å². The molecule has 0 aromatic carbocycles. The number of anilines is 1. The molecule has 2 heterocycles. The summed E-state index contributed by atoms with van der Waals surface area (Å²) in [5.74, 6) is -1.60. The molecule has 0 unspecified atom stereocenters. The minimum Gasteiger partial charge on any atom is -0.341 e. The minimum absolute atomic E-state index is 0.0418. The monoisotopic (exact) mass is 279 g/mol. The van der Waals surface area contributed by atoms with Crippen molar-refractivity contribution in [1.82, 2.24) is 19.9 Å². The first-order chi connectivity index (χ1) is 8.35. The molecule has 0 spiro atoms. The number of aromatic nitrogens is 4. The van der Waals surface area contributed by atoms with Gasteiger partial charge in [-0.2, -0.15) is 23.1 Å².